The molecule has 0 aliphatic carbocycles. The number of benzene rings is 1. The van der Waals surface area contributed by atoms with E-state index in [9.17, 15) is 0 Å². The van der Waals surface area contributed by atoms with Crippen LogP contribution in [0.4, 0.5) is 0 Å². The van der Waals surface area contributed by atoms with Gasteiger partial charge in [-0.2, -0.15) is 0 Å². The molecule has 0 saturated carbocycles. The number of nitrogens with zero attached hydrogens (tertiary/aromatic N) is 5. The first kappa shape index (κ1) is 27.4. The molecule has 2 heterocycles. The van der Waals surface area contributed by atoms with Crippen LogP contribution in [0.1, 0.15) is 38.1 Å². The van der Waals surface area contributed by atoms with Crippen molar-refractivity contribution in [2.45, 2.75) is 33.4 Å². The van der Waals surface area contributed by atoms with E-state index in [2.05, 4.69) is 64.1 Å². The smallest absolute Gasteiger partial charge is 0.194 e. The van der Waals surface area contributed by atoms with Crippen molar-refractivity contribution in [3.05, 3.63) is 47.9 Å². The standard InChI is InChI=1S/C24H38N6O2.HI/c1-5-25-24(30-14-12-28(13-15-30)19-21-11-16-32-27-21)26-18-23(29(6-2)7-3)20-9-8-10-22(17-20)31-4;/h8-11,16-17,23H,5-7,12-15,18-19H2,1-4H3,(H,25,26);1H. The summed E-state index contributed by atoms with van der Waals surface area (Å²) in [6.07, 6.45) is 1.64. The summed E-state index contributed by atoms with van der Waals surface area (Å²) < 4.78 is 10.4. The van der Waals surface area contributed by atoms with Gasteiger partial charge in [-0.05, 0) is 37.7 Å². The first-order valence-electron chi connectivity index (χ1n) is 11.7. The first-order valence-corrected chi connectivity index (χ1v) is 11.7. The van der Waals surface area contributed by atoms with Crippen LogP contribution >= 0.6 is 24.0 Å². The molecule has 1 aliphatic rings. The highest BCUT2D eigenvalue weighted by Gasteiger charge is 2.22. The van der Waals surface area contributed by atoms with Crippen LogP contribution in [-0.4, -0.2) is 85.3 Å². The monoisotopic (exact) mass is 570 g/mol. The predicted octanol–water partition coefficient (Wildman–Crippen LogP) is 3.47. The molecule has 3 rings (SSSR count). The van der Waals surface area contributed by atoms with E-state index < -0.39 is 0 Å². The summed E-state index contributed by atoms with van der Waals surface area (Å²) in [6, 6.07) is 10.5. The second-order valence-electron chi connectivity index (χ2n) is 7.96. The van der Waals surface area contributed by atoms with Gasteiger partial charge in [-0.3, -0.25) is 14.8 Å². The number of halogens is 1. The highest BCUT2D eigenvalue weighted by Crippen LogP contribution is 2.25. The highest BCUT2D eigenvalue weighted by atomic mass is 127. The van der Waals surface area contributed by atoms with Gasteiger partial charge in [0.25, 0.3) is 0 Å². The average Bonchev–Trinajstić information content (AvgIpc) is 3.34. The Morgan fingerprint density at radius 2 is 1.94 bits per heavy atom. The Labute approximate surface area is 215 Å². The molecule has 0 radical (unpaired) electrons. The molecule has 0 amide bonds. The SMILES string of the molecule is CCNC(=NCC(c1cccc(OC)c1)N(CC)CC)N1CCN(Cc2ccon2)CC1.I. The van der Waals surface area contributed by atoms with Crippen molar-refractivity contribution < 1.29 is 9.26 Å². The Bertz CT molecular complexity index is 820. The lowest BCUT2D eigenvalue weighted by molar-refractivity contribution is 0.168. The van der Waals surface area contributed by atoms with Crippen LogP contribution in [-0.2, 0) is 6.54 Å². The van der Waals surface area contributed by atoms with E-state index in [1.54, 1.807) is 13.4 Å². The van der Waals surface area contributed by atoms with Gasteiger partial charge in [0.2, 0.25) is 0 Å². The number of aromatic nitrogens is 1. The Balaban J connectivity index is 0.00000385. The topological polar surface area (TPSA) is 69.4 Å². The van der Waals surface area contributed by atoms with Crippen molar-refractivity contribution in [2.75, 3.05) is 59.5 Å². The number of hydrogen-bond acceptors (Lipinski definition) is 6. The fraction of sp³-hybridized carbons (Fsp3) is 0.583. The molecule has 2 aromatic rings. The lowest BCUT2D eigenvalue weighted by Gasteiger charge is -2.36. The summed E-state index contributed by atoms with van der Waals surface area (Å²) in [5.74, 6) is 1.88. The van der Waals surface area contributed by atoms with Crippen molar-refractivity contribution in [3.8, 4) is 5.75 Å². The lowest BCUT2D eigenvalue weighted by atomic mass is 10.0. The summed E-state index contributed by atoms with van der Waals surface area (Å²) >= 11 is 0. The van der Waals surface area contributed by atoms with E-state index >= 15 is 0 Å². The molecule has 1 fully saturated rings. The molecule has 1 aromatic heterocycles. The zero-order valence-electron chi connectivity index (χ0n) is 20.4. The summed E-state index contributed by atoms with van der Waals surface area (Å²) in [4.78, 5) is 12.3. The van der Waals surface area contributed by atoms with Crippen molar-refractivity contribution in [1.29, 1.82) is 0 Å². The first-order chi connectivity index (χ1) is 15.7. The van der Waals surface area contributed by atoms with Crippen LogP contribution in [0.15, 0.2) is 46.1 Å². The van der Waals surface area contributed by atoms with Crippen LogP contribution in [0.3, 0.4) is 0 Å². The molecule has 1 aliphatic heterocycles. The summed E-state index contributed by atoms with van der Waals surface area (Å²) in [7, 11) is 1.72. The number of rotatable bonds is 10. The number of methoxy groups -OCH3 is 1. The van der Waals surface area contributed by atoms with Crippen molar-refractivity contribution in [2.24, 2.45) is 4.99 Å². The van der Waals surface area contributed by atoms with Gasteiger partial charge in [0.05, 0.1) is 25.4 Å². The molecule has 184 valence electrons. The highest BCUT2D eigenvalue weighted by molar-refractivity contribution is 14.0. The van der Waals surface area contributed by atoms with E-state index in [1.165, 1.54) is 5.56 Å². The van der Waals surface area contributed by atoms with E-state index in [0.29, 0.717) is 6.54 Å². The van der Waals surface area contributed by atoms with Crippen molar-refractivity contribution in [1.82, 2.24) is 25.2 Å². The molecule has 0 spiro atoms. The molecular weight excluding hydrogens is 531 g/mol. The normalized spacial score (nSPS) is 15.9. The third kappa shape index (κ3) is 7.86. The predicted molar refractivity (Wildman–Crippen MR) is 143 cm³/mol. The molecule has 1 unspecified atom stereocenters. The number of guanidine groups is 1. The molecule has 8 nitrogen and oxygen atoms in total. The summed E-state index contributed by atoms with van der Waals surface area (Å²) in [5, 5.41) is 7.54. The third-order valence-electron chi connectivity index (χ3n) is 6.03. The molecular formula is C24H39IN6O2. The third-order valence-corrected chi connectivity index (χ3v) is 6.03. The maximum Gasteiger partial charge on any atom is 0.194 e. The Morgan fingerprint density at radius 1 is 1.18 bits per heavy atom. The largest absolute Gasteiger partial charge is 0.497 e. The Hall–Kier alpha value is -1.85. The van der Waals surface area contributed by atoms with Gasteiger partial charge in [-0.25, -0.2) is 0 Å². The van der Waals surface area contributed by atoms with Crippen LogP contribution < -0.4 is 10.1 Å². The quantitative estimate of drug-likeness (QED) is 0.267. The number of ether oxygens (including phenoxy) is 1. The maximum atomic E-state index is 5.47. The van der Waals surface area contributed by atoms with Gasteiger partial charge >= 0.3 is 0 Å². The zero-order valence-corrected chi connectivity index (χ0v) is 22.7. The minimum Gasteiger partial charge on any atom is -0.497 e. The van der Waals surface area contributed by atoms with Crippen LogP contribution in [0.5, 0.6) is 5.75 Å². The average molecular weight is 571 g/mol. The second-order valence-corrected chi connectivity index (χ2v) is 7.96. The van der Waals surface area contributed by atoms with Gasteiger partial charge in [-0.15, -0.1) is 24.0 Å². The fourth-order valence-electron chi connectivity index (χ4n) is 4.21. The molecule has 1 aromatic carbocycles. The van der Waals surface area contributed by atoms with Crippen LogP contribution in [0.25, 0.3) is 0 Å². The van der Waals surface area contributed by atoms with Crippen LogP contribution in [0, 0.1) is 0 Å². The zero-order chi connectivity index (χ0) is 22.8. The molecule has 9 heteroatoms. The fourth-order valence-corrected chi connectivity index (χ4v) is 4.21. The lowest BCUT2D eigenvalue weighted by Crippen LogP contribution is -2.52. The van der Waals surface area contributed by atoms with Gasteiger partial charge in [0.15, 0.2) is 5.96 Å². The van der Waals surface area contributed by atoms with Crippen molar-refractivity contribution >= 4 is 29.9 Å². The van der Waals surface area contributed by atoms with Gasteiger partial charge in [0.1, 0.15) is 12.0 Å². The number of likely N-dealkylation sites (N-methyl/N-ethyl adjacent to an activating group) is 1. The van der Waals surface area contributed by atoms with E-state index in [-0.39, 0.29) is 30.0 Å². The Morgan fingerprint density at radius 3 is 2.55 bits per heavy atom. The van der Waals surface area contributed by atoms with Gasteiger partial charge in [-0.1, -0.05) is 31.1 Å². The molecule has 0 bridgehead atoms. The molecule has 33 heavy (non-hydrogen) atoms. The Kier molecular flexibility index (Phi) is 12.0. The minimum absolute atomic E-state index is 0. The summed E-state index contributed by atoms with van der Waals surface area (Å²) in [6.45, 7) is 14.7. The molecule has 1 atom stereocenters. The van der Waals surface area contributed by atoms with Gasteiger partial charge < -0.3 is 19.5 Å². The number of nitrogens with one attached hydrogen (secondary N) is 1. The van der Waals surface area contributed by atoms with E-state index in [4.69, 9.17) is 14.3 Å². The minimum atomic E-state index is 0. The van der Waals surface area contributed by atoms with E-state index in [1.807, 2.05) is 12.1 Å². The van der Waals surface area contributed by atoms with Crippen molar-refractivity contribution in [3.63, 3.8) is 0 Å². The summed E-state index contributed by atoms with van der Waals surface area (Å²) in [5.41, 5.74) is 2.23. The van der Waals surface area contributed by atoms with E-state index in [0.717, 1.165) is 69.8 Å². The molecule has 1 saturated heterocycles. The number of hydrogen-bond donors (Lipinski definition) is 1. The van der Waals surface area contributed by atoms with Gasteiger partial charge in [0, 0.05) is 45.3 Å². The number of piperazine rings is 1. The van der Waals surface area contributed by atoms with Crippen LogP contribution in [0.2, 0.25) is 0 Å². The maximum absolute atomic E-state index is 5.47. The second kappa shape index (κ2) is 14.4. The molecule has 1 N–H and O–H groups in total. The number of aliphatic imine (C=N–C) groups is 1.